The first-order valence-electron chi connectivity index (χ1n) is 6.69. The Morgan fingerprint density at radius 1 is 1.18 bits per heavy atom. The van der Waals surface area contributed by atoms with Crippen molar-refractivity contribution in [1.82, 2.24) is 15.0 Å². The lowest BCUT2D eigenvalue weighted by molar-refractivity contribution is 0.277. The number of methoxy groups -OCH3 is 1. The van der Waals surface area contributed by atoms with Gasteiger partial charge in [0, 0.05) is 5.56 Å². The van der Waals surface area contributed by atoms with Crippen LogP contribution in [0.25, 0.3) is 16.9 Å². The molecular formula is C16H14FN3O2. The molecule has 5 nitrogen and oxygen atoms in total. The number of rotatable bonds is 4. The van der Waals surface area contributed by atoms with Crippen molar-refractivity contribution < 1.29 is 14.2 Å². The first-order valence-corrected chi connectivity index (χ1v) is 6.69. The van der Waals surface area contributed by atoms with E-state index >= 15 is 0 Å². The topological polar surface area (TPSA) is 60.2 Å². The van der Waals surface area contributed by atoms with Gasteiger partial charge in [0.2, 0.25) is 0 Å². The second-order valence-corrected chi connectivity index (χ2v) is 4.63. The highest BCUT2D eigenvalue weighted by atomic mass is 19.1. The Labute approximate surface area is 126 Å². The van der Waals surface area contributed by atoms with Gasteiger partial charge in [0.25, 0.3) is 0 Å². The molecular weight excluding hydrogens is 285 g/mol. The van der Waals surface area contributed by atoms with Gasteiger partial charge in [0.1, 0.15) is 23.0 Å². The van der Waals surface area contributed by atoms with Gasteiger partial charge in [-0.05, 0) is 30.3 Å². The molecule has 22 heavy (non-hydrogen) atoms. The second-order valence-electron chi connectivity index (χ2n) is 4.63. The van der Waals surface area contributed by atoms with E-state index in [1.165, 1.54) is 16.8 Å². The monoisotopic (exact) mass is 299 g/mol. The predicted octanol–water partition coefficient (Wildman–Crippen LogP) is 2.57. The van der Waals surface area contributed by atoms with Gasteiger partial charge in [-0.15, -0.1) is 5.10 Å². The molecule has 0 fully saturated rings. The van der Waals surface area contributed by atoms with Crippen LogP contribution in [0.2, 0.25) is 0 Å². The number of hydrogen-bond donors (Lipinski definition) is 1. The maximum absolute atomic E-state index is 13.5. The molecule has 0 atom stereocenters. The zero-order chi connectivity index (χ0) is 15.5. The lowest BCUT2D eigenvalue weighted by Crippen LogP contribution is -2.02. The fourth-order valence-corrected chi connectivity index (χ4v) is 2.32. The summed E-state index contributed by atoms with van der Waals surface area (Å²) in [5.74, 6) is 0.252. The van der Waals surface area contributed by atoms with Crippen LogP contribution in [-0.4, -0.2) is 27.2 Å². The number of nitrogens with zero attached hydrogens (tertiary/aromatic N) is 3. The van der Waals surface area contributed by atoms with Gasteiger partial charge >= 0.3 is 0 Å². The molecule has 0 radical (unpaired) electrons. The summed E-state index contributed by atoms with van der Waals surface area (Å²) in [7, 11) is 1.56. The normalized spacial score (nSPS) is 10.7. The first kappa shape index (κ1) is 14.2. The van der Waals surface area contributed by atoms with Crippen LogP contribution in [0.4, 0.5) is 4.39 Å². The van der Waals surface area contributed by atoms with E-state index in [2.05, 4.69) is 10.3 Å². The maximum atomic E-state index is 13.5. The molecule has 1 heterocycles. The van der Waals surface area contributed by atoms with Crippen LogP contribution in [0.5, 0.6) is 5.75 Å². The van der Waals surface area contributed by atoms with E-state index in [1.54, 1.807) is 25.3 Å². The molecule has 3 aromatic rings. The van der Waals surface area contributed by atoms with E-state index in [0.717, 1.165) is 5.56 Å². The highest BCUT2D eigenvalue weighted by molar-refractivity contribution is 5.70. The minimum absolute atomic E-state index is 0.275. The van der Waals surface area contributed by atoms with Crippen molar-refractivity contribution in [3.8, 4) is 22.7 Å². The Balaban J connectivity index is 2.24. The highest BCUT2D eigenvalue weighted by Crippen LogP contribution is 2.32. The van der Waals surface area contributed by atoms with E-state index in [4.69, 9.17) is 4.74 Å². The number of aliphatic hydroxyl groups excluding tert-OH is 1. The standard InChI is InChI=1S/C16H14FN3O2/c1-22-15-8-3-2-7-13(15)16-14(10-21)18-19-20(16)12-6-4-5-11(17)9-12/h2-9,21H,10H2,1H3. The molecule has 0 amide bonds. The van der Waals surface area contributed by atoms with Gasteiger partial charge in [0.15, 0.2) is 0 Å². The van der Waals surface area contributed by atoms with Crippen LogP contribution in [0.1, 0.15) is 5.69 Å². The van der Waals surface area contributed by atoms with E-state index in [1.807, 2.05) is 18.2 Å². The molecule has 0 spiro atoms. The molecule has 6 heteroatoms. The number of halogens is 1. The Morgan fingerprint density at radius 3 is 2.73 bits per heavy atom. The summed E-state index contributed by atoms with van der Waals surface area (Å²) >= 11 is 0. The van der Waals surface area contributed by atoms with Crippen LogP contribution >= 0.6 is 0 Å². The second kappa shape index (κ2) is 5.95. The Kier molecular flexibility index (Phi) is 3.84. The van der Waals surface area contributed by atoms with E-state index < -0.39 is 0 Å². The molecule has 0 aliphatic rings. The first-order chi connectivity index (χ1) is 10.7. The van der Waals surface area contributed by atoms with E-state index in [0.29, 0.717) is 22.8 Å². The van der Waals surface area contributed by atoms with Crippen molar-refractivity contribution in [3.63, 3.8) is 0 Å². The van der Waals surface area contributed by atoms with Crippen molar-refractivity contribution in [2.24, 2.45) is 0 Å². The highest BCUT2D eigenvalue weighted by Gasteiger charge is 2.19. The molecule has 0 bridgehead atoms. The van der Waals surface area contributed by atoms with Crippen molar-refractivity contribution in [2.75, 3.05) is 7.11 Å². The number of aromatic nitrogens is 3. The fraction of sp³-hybridized carbons (Fsp3) is 0.125. The van der Waals surface area contributed by atoms with Crippen LogP contribution < -0.4 is 4.74 Å². The molecule has 0 aliphatic heterocycles. The predicted molar refractivity (Wildman–Crippen MR) is 79.2 cm³/mol. The smallest absolute Gasteiger partial charge is 0.128 e. The summed E-state index contributed by atoms with van der Waals surface area (Å²) in [4.78, 5) is 0. The SMILES string of the molecule is COc1ccccc1-c1c(CO)nnn1-c1cccc(F)c1. The van der Waals surface area contributed by atoms with Crippen LogP contribution in [-0.2, 0) is 6.61 Å². The van der Waals surface area contributed by atoms with Gasteiger partial charge in [-0.25, -0.2) is 9.07 Å². The molecule has 0 saturated carbocycles. The Bertz CT molecular complexity index is 802. The number of aliphatic hydroxyl groups is 1. The van der Waals surface area contributed by atoms with Gasteiger partial charge in [0.05, 0.1) is 19.4 Å². The third-order valence-electron chi connectivity index (χ3n) is 3.30. The van der Waals surface area contributed by atoms with Gasteiger partial charge in [-0.1, -0.05) is 23.4 Å². The largest absolute Gasteiger partial charge is 0.496 e. The van der Waals surface area contributed by atoms with Crippen molar-refractivity contribution >= 4 is 0 Å². The summed E-state index contributed by atoms with van der Waals surface area (Å²) < 4.78 is 20.3. The summed E-state index contributed by atoms with van der Waals surface area (Å²) in [6.07, 6.45) is 0. The average molecular weight is 299 g/mol. The third-order valence-corrected chi connectivity index (χ3v) is 3.30. The number of ether oxygens (including phenoxy) is 1. The quantitative estimate of drug-likeness (QED) is 0.804. The van der Waals surface area contributed by atoms with Gasteiger partial charge in [-0.2, -0.15) is 0 Å². The maximum Gasteiger partial charge on any atom is 0.128 e. The van der Waals surface area contributed by atoms with E-state index in [9.17, 15) is 9.50 Å². The van der Waals surface area contributed by atoms with Crippen LogP contribution in [0, 0.1) is 5.82 Å². The zero-order valence-electron chi connectivity index (χ0n) is 11.9. The Hall–Kier alpha value is -2.73. The zero-order valence-corrected chi connectivity index (χ0v) is 11.9. The fourth-order valence-electron chi connectivity index (χ4n) is 2.32. The van der Waals surface area contributed by atoms with Gasteiger partial charge in [-0.3, -0.25) is 0 Å². The van der Waals surface area contributed by atoms with Crippen molar-refractivity contribution in [2.45, 2.75) is 6.61 Å². The molecule has 0 saturated heterocycles. The molecule has 1 aromatic heterocycles. The summed E-state index contributed by atoms with van der Waals surface area (Å²) in [6.45, 7) is -0.275. The van der Waals surface area contributed by atoms with Crippen molar-refractivity contribution in [1.29, 1.82) is 0 Å². The third kappa shape index (κ3) is 2.44. The number of para-hydroxylation sites is 1. The summed E-state index contributed by atoms with van der Waals surface area (Å²) in [5.41, 5.74) is 2.22. The lowest BCUT2D eigenvalue weighted by Gasteiger charge is -2.11. The molecule has 1 N–H and O–H groups in total. The molecule has 112 valence electrons. The summed E-state index contributed by atoms with van der Waals surface area (Å²) in [6, 6.07) is 13.4. The van der Waals surface area contributed by atoms with E-state index in [-0.39, 0.29) is 12.4 Å². The Morgan fingerprint density at radius 2 is 2.00 bits per heavy atom. The summed E-state index contributed by atoms with van der Waals surface area (Å²) in [5, 5.41) is 17.5. The van der Waals surface area contributed by atoms with Gasteiger partial charge < -0.3 is 9.84 Å². The minimum atomic E-state index is -0.371. The number of benzene rings is 2. The average Bonchev–Trinajstić information content (AvgIpc) is 2.98. The molecule has 0 aliphatic carbocycles. The lowest BCUT2D eigenvalue weighted by atomic mass is 10.1. The van der Waals surface area contributed by atoms with Crippen LogP contribution in [0.15, 0.2) is 48.5 Å². The number of hydrogen-bond acceptors (Lipinski definition) is 4. The minimum Gasteiger partial charge on any atom is -0.496 e. The van der Waals surface area contributed by atoms with Crippen LogP contribution in [0.3, 0.4) is 0 Å². The molecule has 0 unspecified atom stereocenters. The molecule has 2 aromatic carbocycles. The molecule has 3 rings (SSSR count). The van der Waals surface area contributed by atoms with Crippen molar-refractivity contribution in [3.05, 3.63) is 60.0 Å².